The van der Waals surface area contributed by atoms with E-state index in [9.17, 15) is 8.78 Å². The molecule has 20 heavy (non-hydrogen) atoms. The summed E-state index contributed by atoms with van der Waals surface area (Å²) < 4.78 is 37.9. The van der Waals surface area contributed by atoms with Crippen LogP contribution in [-0.4, -0.2) is 13.2 Å². The molecule has 0 aromatic heterocycles. The van der Waals surface area contributed by atoms with Gasteiger partial charge in [-0.25, -0.2) is 4.39 Å². The lowest BCUT2D eigenvalue weighted by molar-refractivity contribution is 0.246. The molecule has 1 aromatic rings. The summed E-state index contributed by atoms with van der Waals surface area (Å²) in [6.07, 6.45) is 5.91. The van der Waals surface area contributed by atoms with E-state index in [1.54, 1.807) is 0 Å². The lowest BCUT2D eigenvalue weighted by atomic mass is 10.2. The minimum absolute atomic E-state index is 0.0994. The number of benzene rings is 1. The van der Waals surface area contributed by atoms with Crippen molar-refractivity contribution in [2.24, 2.45) is 0 Å². The first-order valence-electron chi connectivity index (χ1n) is 7.44. The molecule has 0 saturated carbocycles. The second-order valence-corrected chi connectivity index (χ2v) is 4.80. The topological polar surface area (TPSA) is 18.5 Å². The van der Waals surface area contributed by atoms with Gasteiger partial charge in [0.2, 0.25) is 5.82 Å². The van der Waals surface area contributed by atoms with Crippen molar-refractivity contribution in [3.63, 3.8) is 0 Å². The summed E-state index contributed by atoms with van der Waals surface area (Å²) in [5.74, 6) is -1.68. The van der Waals surface area contributed by atoms with Gasteiger partial charge in [0.25, 0.3) is 0 Å². The summed E-state index contributed by atoms with van der Waals surface area (Å²) in [5, 5.41) is 0. The Morgan fingerprint density at radius 2 is 1.45 bits per heavy atom. The highest BCUT2D eigenvalue weighted by Gasteiger charge is 2.16. The van der Waals surface area contributed by atoms with E-state index in [1.165, 1.54) is 6.07 Å². The molecule has 1 aromatic carbocycles. The van der Waals surface area contributed by atoms with Crippen LogP contribution in [0.3, 0.4) is 0 Å². The molecule has 0 saturated heterocycles. The lowest BCUT2D eigenvalue weighted by Crippen LogP contribution is -2.05. The van der Waals surface area contributed by atoms with Crippen LogP contribution < -0.4 is 9.47 Å². The summed E-state index contributed by atoms with van der Waals surface area (Å²) in [6, 6.07) is 2.50. The molecular weight excluding hydrogens is 262 g/mol. The smallest absolute Gasteiger partial charge is 0.204 e. The van der Waals surface area contributed by atoms with Crippen molar-refractivity contribution < 1.29 is 18.3 Å². The molecule has 0 heterocycles. The Hall–Kier alpha value is -1.32. The van der Waals surface area contributed by atoms with E-state index in [0.717, 1.165) is 44.6 Å². The highest BCUT2D eigenvalue weighted by atomic mass is 19.2. The van der Waals surface area contributed by atoms with Gasteiger partial charge in [0, 0.05) is 0 Å². The van der Waals surface area contributed by atoms with E-state index >= 15 is 0 Å². The van der Waals surface area contributed by atoms with E-state index < -0.39 is 11.6 Å². The molecule has 0 aliphatic heterocycles. The highest BCUT2D eigenvalue weighted by molar-refractivity contribution is 5.41. The SMILES string of the molecule is CCCCCOc1ccc(F)c(F)c1OCCCCC. The largest absolute Gasteiger partial charge is 0.490 e. The molecule has 0 amide bonds. The molecule has 2 nitrogen and oxygen atoms in total. The Morgan fingerprint density at radius 1 is 0.850 bits per heavy atom. The zero-order valence-corrected chi connectivity index (χ0v) is 12.4. The first-order chi connectivity index (χ1) is 9.70. The number of rotatable bonds is 10. The van der Waals surface area contributed by atoms with E-state index in [1.807, 2.05) is 0 Å². The first-order valence-corrected chi connectivity index (χ1v) is 7.44. The van der Waals surface area contributed by atoms with Crippen molar-refractivity contribution in [1.29, 1.82) is 0 Å². The van der Waals surface area contributed by atoms with E-state index in [-0.39, 0.29) is 11.5 Å². The number of ether oxygens (including phenoxy) is 2. The van der Waals surface area contributed by atoms with E-state index in [0.29, 0.717) is 13.2 Å². The van der Waals surface area contributed by atoms with Crippen LogP contribution in [0.4, 0.5) is 8.78 Å². The second kappa shape index (κ2) is 9.56. The van der Waals surface area contributed by atoms with Gasteiger partial charge in [-0.05, 0) is 25.0 Å². The lowest BCUT2D eigenvalue weighted by Gasteiger charge is -2.13. The minimum atomic E-state index is -0.963. The van der Waals surface area contributed by atoms with Crippen molar-refractivity contribution in [3.05, 3.63) is 23.8 Å². The number of halogens is 2. The maximum absolute atomic E-state index is 13.8. The molecule has 0 aliphatic rings. The van der Waals surface area contributed by atoms with Gasteiger partial charge >= 0.3 is 0 Å². The van der Waals surface area contributed by atoms with Gasteiger partial charge in [-0.1, -0.05) is 39.5 Å². The van der Waals surface area contributed by atoms with Gasteiger partial charge < -0.3 is 9.47 Å². The summed E-state index contributed by atoms with van der Waals surface area (Å²) in [6.45, 7) is 5.04. The van der Waals surface area contributed by atoms with Crippen LogP contribution in [0.2, 0.25) is 0 Å². The first kappa shape index (κ1) is 16.7. The second-order valence-electron chi connectivity index (χ2n) is 4.80. The molecule has 0 radical (unpaired) electrons. The summed E-state index contributed by atoms with van der Waals surface area (Å²) >= 11 is 0. The van der Waals surface area contributed by atoms with Crippen LogP contribution in [0, 0.1) is 11.6 Å². The van der Waals surface area contributed by atoms with Gasteiger partial charge in [-0.2, -0.15) is 4.39 Å². The molecule has 0 spiro atoms. The van der Waals surface area contributed by atoms with Crippen LogP contribution >= 0.6 is 0 Å². The Kier molecular flexibility index (Phi) is 8.00. The van der Waals surface area contributed by atoms with Crippen LogP contribution in [-0.2, 0) is 0 Å². The van der Waals surface area contributed by atoms with Crippen LogP contribution in [0.5, 0.6) is 11.5 Å². The molecular formula is C16H24F2O2. The average molecular weight is 286 g/mol. The monoisotopic (exact) mass is 286 g/mol. The fourth-order valence-corrected chi connectivity index (χ4v) is 1.82. The summed E-state index contributed by atoms with van der Waals surface area (Å²) in [5.41, 5.74) is 0. The Bertz CT molecular complexity index is 394. The Balaban J connectivity index is 2.64. The summed E-state index contributed by atoms with van der Waals surface area (Å²) in [4.78, 5) is 0. The average Bonchev–Trinajstić information content (AvgIpc) is 2.45. The highest BCUT2D eigenvalue weighted by Crippen LogP contribution is 2.32. The fraction of sp³-hybridized carbons (Fsp3) is 0.625. The van der Waals surface area contributed by atoms with Crippen LogP contribution in [0.1, 0.15) is 52.4 Å². The molecule has 0 fully saturated rings. The molecule has 1 rings (SSSR count). The van der Waals surface area contributed by atoms with Crippen molar-refractivity contribution in [3.8, 4) is 11.5 Å². The Labute approximate surface area is 120 Å². The predicted octanol–water partition coefficient (Wildman–Crippen LogP) is 5.10. The summed E-state index contributed by atoms with van der Waals surface area (Å²) in [7, 11) is 0. The van der Waals surface area contributed by atoms with Gasteiger partial charge in [0.1, 0.15) is 0 Å². The van der Waals surface area contributed by atoms with Crippen molar-refractivity contribution in [1.82, 2.24) is 0 Å². The normalized spacial score (nSPS) is 10.6. The van der Waals surface area contributed by atoms with Gasteiger partial charge in [-0.15, -0.1) is 0 Å². The zero-order valence-electron chi connectivity index (χ0n) is 12.4. The molecule has 4 heteroatoms. The Morgan fingerprint density at radius 3 is 2.05 bits per heavy atom. The fourth-order valence-electron chi connectivity index (χ4n) is 1.82. The molecule has 0 unspecified atom stereocenters. The molecule has 0 aliphatic carbocycles. The zero-order chi connectivity index (χ0) is 14.8. The van der Waals surface area contributed by atoms with Crippen LogP contribution in [0.15, 0.2) is 12.1 Å². The standard InChI is InChI=1S/C16H24F2O2/c1-3-5-7-11-19-14-10-9-13(17)15(18)16(14)20-12-8-6-4-2/h9-10H,3-8,11-12H2,1-2H3. The predicted molar refractivity (Wildman–Crippen MR) is 76.4 cm³/mol. The van der Waals surface area contributed by atoms with Gasteiger partial charge in [-0.3, -0.25) is 0 Å². The van der Waals surface area contributed by atoms with Gasteiger partial charge in [0.05, 0.1) is 13.2 Å². The van der Waals surface area contributed by atoms with Crippen LogP contribution in [0.25, 0.3) is 0 Å². The molecule has 0 N–H and O–H groups in total. The van der Waals surface area contributed by atoms with E-state index in [4.69, 9.17) is 9.47 Å². The minimum Gasteiger partial charge on any atom is -0.490 e. The van der Waals surface area contributed by atoms with Crippen molar-refractivity contribution in [2.45, 2.75) is 52.4 Å². The maximum Gasteiger partial charge on any atom is 0.204 e. The quantitative estimate of drug-likeness (QED) is 0.557. The third kappa shape index (κ3) is 5.35. The van der Waals surface area contributed by atoms with Gasteiger partial charge in [0.15, 0.2) is 17.3 Å². The number of unbranched alkanes of at least 4 members (excludes halogenated alkanes) is 4. The third-order valence-corrected chi connectivity index (χ3v) is 3.01. The molecule has 0 atom stereocenters. The van der Waals surface area contributed by atoms with Crippen molar-refractivity contribution >= 4 is 0 Å². The number of hydrogen-bond acceptors (Lipinski definition) is 2. The number of hydrogen-bond donors (Lipinski definition) is 0. The third-order valence-electron chi connectivity index (χ3n) is 3.01. The molecule has 0 bridgehead atoms. The van der Waals surface area contributed by atoms with E-state index in [2.05, 4.69) is 13.8 Å². The maximum atomic E-state index is 13.8. The molecule has 114 valence electrons. The van der Waals surface area contributed by atoms with Crippen molar-refractivity contribution in [2.75, 3.05) is 13.2 Å².